The van der Waals surface area contributed by atoms with Crippen molar-refractivity contribution >= 4 is 29.1 Å². The fraction of sp³-hybridized carbons (Fsp3) is 0.154. The molecule has 1 N–H and O–H groups in total. The fourth-order valence-electron chi connectivity index (χ4n) is 2.16. The third kappa shape index (κ3) is 2.00. The highest BCUT2D eigenvalue weighted by molar-refractivity contribution is 7.08. The first-order chi connectivity index (χ1) is 9.16. The van der Waals surface area contributed by atoms with E-state index in [1.807, 2.05) is 24.3 Å². The van der Waals surface area contributed by atoms with Crippen LogP contribution in [0.2, 0.25) is 0 Å². The molecule has 1 amide bonds. The van der Waals surface area contributed by atoms with Crippen LogP contribution in [0.4, 0.5) is 5.69 Å². The minimum atomic E-state index is -1.11. The number of fused-ring (bicyclic) bond motifs is 1. The zero-order chi connectivity index (χ0) is 13.4. The maximum Gasteiger partial charge on any atom is 0.355 e. The second kappa shape index (κ2) is 4.47. The van der Waals surface area contributed by atoms with E-state index in [0.29, 0.717) is 11.4 Å². The van der Waals surface area contributed by atoms with Gasteiger partial charge in [0.05, 0.1) is 0 Å². The number of benzene rings is 1. The Morgan fingerprint density at radius 3 is 2.84 bits per heavy atom. The summed E-state index contributed by atoms with van der Waals surface area (Å²) in [7, 11) is 0. The van der Waals surface area contributed by atoms with Crippen LogP contribution in [-0.2, 0) is 6.42 Å². The number of hydrogen-bond acceptors (Lipinski definition) is 4. The Labute approximate surface area is 113 Å². The van der Waals surface area contributed by atoms with E-state index in [1.165, 1.54) is 6.07 Å². The predicted molar refractivity (Wildman–Crippen MR) is 70.9 cm³/mol. The van der Waals surface area contributed by atoms with Crippen LogP contribution in [0.15, 0.2) is 30.3 Å². The zero-order valence-corrected chi connectivity index (χ0v) is 10.7. The summed E-state index contributed by atoms with van der Waals surface area (Å²) < 4.78 is 3.76. The molecule has 1 aromatic heterocycles. The van der Waals surface area contributed by atoms with Crippen molar-refractivity contribution in [3.05, 3.63) is 46.5 Å². The Bertz CT molecular complexity index is 665. The van der Waals surface area contributed by atoms with Crippen molar-refractivity contribution in [1.82, 2.24) is 4.37 Å². The summed E-state index contributed by atoms with van der Waals surface area (Å²) in [5, 5.41) is 8.82. The van der Waals surface area contributed by atoms with Gasteiger partial charge in [0.25, 0.3) is 5.91 Å². The van der Waals surface area contributed by atoms with Gasteiger partial charge in [-0.05, 0) is 35.6 Å². The second-order valence-corrected chi connectivity index (χ2v) is 5.02. The van der Waals surface area contributed by atoms with E-state index in [2.05, 4.69) is 4.37 Å². The molecule has 0 aliphatic carbocycles. The molecule has 1 aliphatic heterocycles. The number of amides is 1. The average molecular weight is 274 g/mol. The molecule has 1 aromatic carbocycles. The third-order valence-corrected chi connectivity index (χ3v) is 3.85. The Kier molecular flexibility index (Phi) is 2.79. The van der Waals surface area contributed by atoms with Crippen LogP contribution in [0, 0.1) is 0 Å². The van der Waals surface area contributed by atoms with Crippen molar-refractivity contribution in [2.45, 2.75) is 6.42 Å². The molecule has 0 atom stereocenters. The lowest BCUT2D eigenvalue weighted by atomic mass is 10.2. The summed E-state index contributed by atoms with van der Waals surface area (Å²) in [5.74, 6) is -1.30. The van der Waals surface area contributed by atoms with Crippen molar-refractivity contribution in [2.75, 3.05) is 11.4 Å². The van der Waals surface area contributed by atoms with Crippen LogP contribution in [-0.4, -0.2) is 27.9 Å². The van der Waals surface area contributed by atoms with E-state index in [4.69, 9.17) is 5.11 Å². The smallest absolute Gasteiger partial charge is 0.355 e. The lowest BCUT2D eigenvalue weighted by Crippen LogP contribution is -2.28. The number of carboxylic acids is 1. The molecule has 0 saturated heterocycles. The van der Waals surface area contributed by atoms with Crippen molar-refractivity contribution < 1.29 is 14.7 Å². The summed E-state index contributed by atoms with van der Waals surface area (Å²) in [5.41, 5.74) is 1.96. The van der Waals surface area contributed by atoms with E-state index in [9.17, 15) is 9.59 Å². The van der Waals surface area contributed by atoms with E-state index in [-0.39, 0.29) is 11.6 Å². The molecule has 5 nitrogen and oxygen atoms in total. The number of aromatic nitrogens is 1. The van der Waals surface area contributed by atoms with Crippen molar-refractivity contribution in [1.29, 1.82) is 0 Å². The highest BCUT2D eigenvalue weighted by atomic mass is 32.1. The summed E-state index contributed by atoms with van der Waals surface area (Å²) in [6.07, 6.45) is 0.826. The van der Waals surface area contributed by atoms with Gasteiger partial charge < -0.3 is 10.0 Å². The normalized spacial score (nSPS) is 13.4. The fourth-order valence-corrected chi connectivity index (χ4v) is 2.84. The molecule has 2 heterocycles. The summed E-state index contributed by atoms with van der Waals surface area (Å²) in [4.78, 5) is 25.2. The largest absolute Gasteiger partial charge is 0.476 e. The zero-order valence-electron chi connectivity index (χ0n) is 9.87. The van der Waals surface area contributed by atoms with E-state index in [1.54, 1.807) is 4.90 Å². The van der Waals surface area contributed by atoms with Crippen LogP contribution >= 0.6 is 11.5 Å². The van der Waals surface area contributed by atoms with Gasteiger partial charge in [-0.2, -0.15) is 4.37 Å². The van der Waals surface area contributed by atoms with Gasteiger partial charge in [-0.1, -0.05) is 18.2 Å². The highest BCUT2D eigenvalue weighted by Gasteiger charge is 2.27. The Morgan fingerprint density at radius 2 is 2.11 bits per heavy atom. The number of carboxylic acid groups (broad SMARTS) is 1. The predicted octanol–water partition coefficient (Wildman–Crippen LogP) is 2.04. The molecule has 3 rings (SSSR count). The van der Waals surface area contributed by atoms with Gasteiger partial charge in [0.15, 0.2) is 5.69 Å². The monoisotopic (exact) mass is 274 g/mol. The van der Waals surface area contributed by atoms with Gasteiger partial charge >= 0.3 is 5.97 Å². The molecule has 0 unspecified atom stereocenters. The molecule has 0 spiro atoms. The molecule has 96 valence electrons. The highest BCUT2D eigenvalue weighted by Crippen LogP contribution is 2.29. The third-order valence-electron chi connectivity index (χ3n) is 3.07. The maximum atomic E-state index is 12.3. The van der Waals surface area contributed by atoms with Crippen LogP contribution in [0.25, 0.3) is 0 Å². The van der Waals surface area contributed by atoms with Crippen LogP contribution in [0.5, 0.6) is 0 Å². The van der Waals surface area contributed by atoms with Gasteiger partial charge in [-0.15, -0.1) is 0 Å². The van der Waals surface area contributed by atoms with Gasteiger partial charge in [-0.25, -0.2) is 4.79 Å². The van der Waals surface area contributed by atoms with Gasteiger partial charge in [0.2, 0.25) is 0 Å². The van der Waals surface area contributed by atoms with E-state index < -0.39 is 5.97 Å². The summed E-state index contributed by atoms with van der Waals surface area (Å²) in [6, 6.07) is 9.06. The molecule has 0 bridgehead atoms. The Hall–Kier alpha value is -2.21. The van der Waals surface area contributed by atoms with Crippen molar-refractivity contribution in [2.24, 2.45) is 0 Å². The number of para-hydroxylation sites is 1. The number of carbonyl (C=O) groups excluding carboxylic acids is 1. The molecule has 1 aliphatic rings. The van der Waals surface area contributed by atoms with Crippen LogP contribution < -0.4 is 4.90 Å². The van der Waals surface area contributed by atoms with Gasteiger partial charge in [-0.3, -0.25) is 4.79 Å². The second-order valence-electron chi connectivity index (χ2n) is 4.22. The standard InChI is InChI=1S/C13H10N2O3S/c16-12(11-7-9(13(17)18)14-19-11)15-6-5-8-3-1-2-4-10(8)15/h1-4,7H,5-6H2,(H,17,18). The van der Waals surface area contributed by atoms with Crippen molar-refractivity contribution in [3.63, 3.8) is 0 Å². The number of carbonyl (C=O) groups is 2. The summed E-state index contributed by atoms with van der Waals surface area (Å²) >= 11 is 0.925. The average Bonchev–Trinajstić information content (AvgIpc) is 3.05. The number of hydrogen-bond donors (Lipinski definition) is 1. The minimum Gasteiger partial charge on any atom is -0.476 e. The quantitative estimate of drug-likeness (QED) is 0.909. The molecular formula is C13H10N2O3S. The van der Waals surface area contributed by atoms with Gasteiger partial charge in [0.1, 0.15) is 4.88 Å². The maximum absolute atomic E-state index is 12.3. The minimum absolute atomic E-state index is 0.0826. The SMILES string of the molecule is O=C(O)c1cc(C(=O)N2CCc3ccccc32)sn1. The molecule has 2 aromatic rings. The first kappa shape index (κ1) is 11.9. The molecule has 6 heteroatoms. The molecule has 0 radical (unpaired) electrons. The van der Waals surface area contributed by atoms with Crippen molar-refractivity contribution in [3.8, 4) is 0 Å². The number of aromatic carboxylic acids is 1. The topological polar surface area (TPSA) is 70.5 Å². The Balaban J connectivity index is 1.91. The first-order valence-electron chi connectivity index (χ1n) is 5.76. The molecule has 0 fully saturated rings. The molecule has 0 saturated carbocycles. The lowest BCUT2D eigenvalue weighted by molar-refractivity contribution is 0.0692. The number of rotatable bonds is 2. The number of anilines is 1. The Morgan fingerprint density at radius 1 is 1.32 bits per heavy atom. The van der Waals surface area contributed by atoms with Crippen LogP contribution in [0.1, 0.15) is 25.7 Å². The number of nitrogens with zero attached hydrogens (tertiary/aromatic N) is 2. The van der Waals surface area contributed by atoms with E-state index in [0.717, 1.165) is 29.2 Å². The van der Waals surface area contributed by atoms with Crippen LogP contribution in [0.3, 0.4) is 0 Å². The molecule has 19 heavy (non-hydrogen) atoms. The lowest BCUT2D eigenvalue weighted by Gasteiger charge is -2.15. The van der Waals surface area contributed by atoms with E-state index >= 15 is 0 Å². The van der Waals surface area contributed by atoms with Gasteiger partial charge in [0, 0.05) is 12.2 Å². The summed E-state index contributed by atoms with van der Waals surface area (Å²) in [6.45, 7) is 0.623. The molecular weight excluding hydrogens is 264 g/mol. The first-order valence-corrected chi connectivity index (χ1v) is 6.54.